The molecule has 1 saturated carbocycles. The number of carbonyl (C=O) groups excluding carboxylic acids is 1. The summed E-state index contributed by atoms with van der Waals surface area (Å²) < 4.78 is 10.7. The van der Waals surface area contributed by atoms with Gasteiger partial charge >= 0.3 is 0 Å². The first kappa shape index (κ1) is 19.0. The van der Waals surface area contributed by atoms with E-state index in [1.165, 1.54) is 0 Å². The number of aromatic nitrogens is 1. The van der Waals surface area contributed by atoms with Crippen LogP contribution in [0.3, 0.4) is 0 Å². The number of anilines is 1. The van der Waals surface area contributed by atoms with Gasteiger partial charge in [-0.15, -0.1) is 0 Å². The van der Waals surface area contributed by atoms with Crippen molar-refractivity contribution in [3.05, 3.63) is 59.2 Å². The first-order valence-electron chi connectivity index (χ1n) is 10.2. The second-order valence-corrected chi connectivity index (χ2v) is 8.19. The van der Waals surface area contributed by atoms with E-state index in [9.17, 15) is 4.79 Å². The van der Waals surface area contributed by atoms with Crippen molar-refractivity contribution >= 4 is 34.1 Å². The number of rotatable bonds is 4. The molecule has 0 spiro atoms. The number of ether oxygens (including phenoxy) is 2. The zero-order valence-corrected chi connectivity index (χ0v) is 17.1. The van der Waals surface area contributed by atoms with Crippen molar-refractivity contribution < 1.29 is 14.3 Å². The third kappa shape index (κ3) is 3.87. The normalized spacial score (nSPS) is 20.2. The van der Waals surface area contributed by atoms with Crippen molar-refractivity contribution in [2.75, 3.05) is 12.1 Å². The van der Waals surface area contributed by atoms with Crippen LogP contribution in [0.25, 0.3) is 10.9 Å². The lowest BCUT2D eigenvalue weighted by atomic mass is 9.90. The molecule has 2 aliphatic rings. The second-order valence-electron chi connectivity index (χ2n) is 7.75. The minimum atomic E-state index is -0.0679. The van der Waals surface area contributed by atoms with E-state index in [-0.39, 0.29) is 18.7 Å². The molecule has 154 valence electrons. The number of hydrogen-bond acceptors (Lipinski definition) is 5. The molecule has 1 fully saturated rings. The van der Waals surface area contributed by atoms with E-state index in [1.807, 2.05) is 24.3 Å². The molecule has 0 atom stereocenters. The number of pyridine rings is 1. The zero-order chi connectivity index (χ0) is 20.5. The third-order valence-corrected chi connectivity index (χ3v) is 6.00. The Kier molecular flexibility index (Phi) is 5.09. The Bertz CT molecular complexity index is 1100. The number of hydrogen-bond donors (Lipinski definition) is 2. The zero-order valence-electron chi connectivity index (χ0n) is 16.4. The van der Waals surface area contributed by atoms with Crippen LogP contribution >= 0.6 is 11.6 Å². The Hall–Kier alpha value is -2.99. The van der Waals surface area contributed by atoms with Crippen molar-refractivity contribution in [1.82, 2.24) is 10.3 Å². The van der Waals surface area contributed by atoms with Crippen LogP contribution in [0, 0.1) is 0 Å². The lowest BCUT2D eigenvalue weighted by Crippen LogP contribution is -2.40. The molecule has 2 N–H and O–H groups in total. The van der Waals surface area contributed by atoms with Gasteiger partial charge in [0.05, 0.1) is 5.52 Å². The molecular formula is C23H22ClN3O3. The maximum Gasteiger partial charge on any atom is 0.251 e. The minimum Gasteiger partial charge on any atom is -0.454 e. The number of amides is 1. The fourth-order valence-corrected chi connectivity index (χ4v) is 4.32. The molecule has 1 aliphatic heterocycles. The average Bonchev–Trinajstić information content (AvgIpc) is 3.23. The highest BCUT2D eigenvalue weighted by atomic mass is 35.5. The Morgan fingerprint density at radius 1 is 0.967 bits per heavy atom. The van der Waals surface area contributed by atoms with E-state index in [1.54, 1.807) is 24.4 Å². The molecule has 1 aliphatic carbocycles. The molecule has 2 aromatic carbocycles. The summed E-state index contributed by atoms with van der Waals surface area (Å²) in [7, 11) is 0. The summed E-state index contributed by atoms with van der Waals surface area (Å²) in [5.41, 5.74) is 2.56. The van der Waals surface area contributed by atoms with E-state index in [0.29, 0.717) is 28.1 Å². The molecule has 3 aromatic rings. The van der Waals surface area contributed by atoms with Gasteiger partial charge in [0, 0.05) is 39.9 Å². The predicted molar refractivity (Wildman–Crippen MR) is 116 cm³/mol. The topological polar surface area (TPSA) is 72.5 Å². The lowest BCUT2D eigenvalue weighted by Gasteiger charge is -2.30. The maximum absolute atomic E-state index is 12.6. The molecule has 1 amide bonds. The van der Waals surface area contributed by atoms with Crippen LogP contribution in [0.1, 0.15) is 36.0 Å². The van der Waals surface area contributed by atoms with Gasteiger partial charge < -0.3 is 20.1 Å². The highest BCUT2D eigenvalue weighted by Gasteiger charge is 2.24. The summed E-state index contributed by atoms with van der Waals surface area (Å²) in [6.07, 6.45) is 5.65. The van der Waals surface area contributed by atoms with Gasteiger partial charge in [0.1, 0.15) is 0 Å². The molecule has 5 rings (SSSR count). The molecule has 6 nitrogen and oxygen atoms in total. The van der Waals surface area contributed by atoms with Crippen molar-refractivity contribution in [3.8, 4) is 11.5 Å². The van der Waals surface area contributed by atoms with E-state index >= 15 is 0 Å². The van der Waals surface area contributed by atoms with Crippen molar-refractivity contribution in [2.45, 2.75) is 37.8 Å². The largest absolute Gasteiger partial charge is 0.454 e. The minimum absolute atomic E-state index is 0.0679. The molecule has 2 heterocycles. The number of nitrogens with zero attached hydrogens (tertiary/aromatic N) is 1. The molecule has 0 unspecified atom stereocenters. The summed E-state index contributed by atoms with van der Waals surface area (Å²) in [5, 5.41) is 8.57. The van der Waals surface area contributed by atoms with Crippen molar-refractivity contribution in [2.24, 2.45) is 0 Å². The molecular weight excluding hydrogens is 402 g/mol. The Morgan fingerprint density at radius 2 is 1.77 bits per heavy atom. The number of nitrogens with one attached hydrogen (secondary N) is 2. The maximum atomic E-state index is 12.6. The Balaban J connectivity index is 1.18. The molecule has 30 heavy (non-hydrogen) atoms. The first-order valence-corrected chi connectivity index (χ1v) is 10.5. The van der Waals surface area contributed by atoms with Crippen LogP contribution < -0.4 is 20.1 Å². The van der Waals surface area contributed by atoms with Gasteiger partial charge in [0.2, 0.25) is 6.79 Å². The van der Waals surface area contributed by atoms with E-state index < -0.39 is 0 Å². The lowest BCUT2D eigenvalue weighted by molar-refractivity contribution is 0.0926. The van der Waals surface area contributed by atoms with Gasteiger partial charge in [-0.05, 0) is 68.1 Å². The summed E-state index contributed by atoms with van der Waals surface area (Å²) in [6, 6.07) is 13.6. The fraction of sp³-hybridized carbons (Fsp3) is 0.304. The van der Waals surface area contributed by atoms with Crippen LogP contribution in [-0.2, 0) is 0 Å². The molecule has 0 bridgehead atoms. The summed E-state index contributed by atoms with van der Waals surface area (Å²) >= 11 is 6.08. The smallest absolute Gasteiger partial charge is 0.251 e. The standard InChI is InChI=1S/C23H22ClN3O3/c24-15-2-7-18-19(9-10-25-20(18)12-15)26-16-3-5-17(6-4-16)27-23(28)14-1-8-21-22(11-14)30-13-29-21/h1-2,7-12,16-17H,3-6,13H2,(H,25,26)(H,27,28)/t16-,17+. The number of carbonyl (C=O) groups is 1. The number of fused-ring (bicyclic) bond motifs is 2. The van der Waals surface area contributed by atoms with Crippen LogP contribution in [-0.4, -0.2) is 29.8 Å². The predicted octanol–water partition coefficient (Wildman–Crippen LogP) is 4.77. The van der Waals surface area contributed by atoms with Gasteiger partial charge in [0.15, 0.2) is 11.5 Å². The van der Waals surface area contributed by atoms with Crippen LogP contribution in [0.15, 0.2) is 48.7 Å². The van der Waals surface area contributed by atoms with Crippen LogP contribution in [0.5, 0.6) is 11.5 Å². The number of halogens is 1. The molecule has 0 radical (unpaired) electrons. The molecule has 1 aromatic heterocycles. The Labute approximate surface area is 179 Å². The molecule has 0 saturated heterocycles. The van der Waals surface area contributed by atoms with Crippen LogP contribution in [0.4, 0.5) is 5.69 Å². The van der Waals surface area contributed by atoms with Crippen LogP contribution in [0.2, 0.25) is 5.02 Å². The first-order chi connectivity index (χ1) is 14.7. The highest BCUT2D eigenvalue weighted by Crippen LogP contribution is 2.33. The third-order valence-electron chi connectivity index (χ3n) is 5.76. The van der Waals surface area contributed by atoms with Gasteiger partial charge in [-0.2, -0.15) is 0 Å². The van der Waals surface area contributed by atoms with Gasteiger partial charge in [0.25, 0.3) is 5.91 Å². The van der Waals surface area contributed by atoms with E-state index in [2.05, 4.69) is 15.6 Å². The quantitative estimate of drug-likeness (QED) is 0.632. The van der Waals surface area contributed by atoms with Crippen molar-refractivity contribution in [1.29, 1.82) is 0 Å². The SMILES string of the molecule is O=C(N[C@H]1CC[C@@H](Nc2ccnc3cc(Cl)ccc23)CC1)c1ccc2c(c1)OCO2. The highest BCUT2D eigenvalue weighted by molar-refractivity contribution is 6.31. The van der Waals surface area contributed by atoms with Gasteiger partial charge in [-0.25, -0.2) is 0 Å². The second kappa shape index (κ2) is 8.03. The monoisotopic (exact) mass is 423 g/mol. The summed E-state index contributed by atoms with van der Waals surface area (Å²) in [4.78, 5) is 17.0. The van der Waals surface area contributed by atoms with E-state index in [0.717, 1.165) is 42.3 Å². The van der Waals surface area contributed by atoms with Gasteiger partial charge in [-0.3, -0.25) is 9.78 Å². The van der Waals surface area contributed by atoms with Gasteiger partial charge in [-0.1, -0.05) is 11.6 Å². The number of benzene rings is 2. The Morgan fingerprint density at radius 3 is 2.63 bits per heavy atom. The van der Waals surface area contributed by atoms with Crippen molar-refractivity contribution in [3.63, 3.8) is 0 Å². The fourth-order valence-electron chi connectivity index (χ4n) is 4.16. The van der Waals surface area contributed by atoms with E-state index in [4.69, 9.17) is 21.1 Å². The summed E-state index contributed by atoms with van der Waals surface area (Å²) in [5.74, 6) is 1.24. The average molecular weight is 424 g/mol. The summed E-state index contributed by atoms with van der Waals surface area (Å²) in [6.45, 7) is 0.206. The molecule has 7 heteroatoms.